The van der Waals surface area contributed by atoms with Gasteiger partial charge in [-0.3, -0.25) is 14.5 Å². The Balaban J connectivity index is 1.39. The van der Waals surface area contributed by atoms with E-state index in [1.807, 2.05) is 25.1 Å². The highest BCUT2D eigenvalue weighted by Gasteiger charge is 2.19. The SMILES string of the molecule is Cc1ccnc2c(S(=O)(=O)Nc3ccc4c(C(=O)NCc5ccc(C#N)cc5)cccc4c3)cccc12. The number of amides is 1. The molecule has 0 fully saturated rings. The highest BCUT2D eigenvalue weighted by molar-refractivity contribution is 7.93. The fourth-order valence-electron chi connectivity index (χ4n) is 4.23. The van der Waals surface area contributed by atoms with Crippen LogP contribution in [0.3, 0.4) is 0 Å². The van der Waals surface area contributed by atoms with Crippen LogP contribution in [0.2, 0.25) is 0 Å². The number of anilines is 1. The summed E-state index contributed by atoms with van der Waals surface area (Å²) in [6, 6.07) is 26.4. The molecule has 0 saturated carbocycles. The lowest BCUT2D eigenvalue weighted by atomic mass is 10.0. The molecule has 8 heteroatoms. The monoisotopic (exact) mass is 506 g/mol. The number of carbonyl (C=O) groups excluding carboxylic acids is 1. The normalized spacial score (nSPS) is 11.2. The third-order valence-corrected chi connectivity index (χ3v) is 7.57. The van der Waals surface area contributed by atoms with Crippen molar-refractivity contribution in [3.8, 4) is 6.07 Å². The number of hydrogen-bond acceptors (Lipinski definition) is 5. The highest BCUT2D eigenvalue weighted by Crippen LogP contribution is 2.28. The number of nitrogens with one attached hydrogen (secondary N) is 2. The van der Waals surface area contributed by atoms with Crippen molar-refractivity contribution in [2.24, 2.45) is 0 Å². The van der Waals surface area contributed by atoms with Crippen LogP contribution in [0.5, 0.6) is 0 Å². The Morgan fingerprint density at radius 2 is 1.73 bits per heavy atom. The van der Waals surface area contributed by atoms with E-state index >= 15 is 0 Å². The molecule has 0 aliphatic carbocycles. The Hall–Kier alpha value is -4.74. The predicted molar refractivity (Wildman–Crippen MR) is 144 cm³/mol. The van der Waals surface area contributed by atoms with Crippen molar-refractivity contribution in [1.82, 2.24) is 10.3 Å². The van der Waals surface area contributed by atoms with Crippen LogP contribution in [0.1, 0.15) is 27.0 Å². The van der Waals surface area contributed by atoms with Gasteiger partial charge in [-0.05, 0) is 71.3 Å². The standard InChI is InChI=1S/C29H22N4O3S/c1-19-14-15-31-28-24(19)5-3-7-27(28)37(35,36)33-23-12-13-25-22(16-23)4-2-6-26(25)29(34)32-18-21-10-8-20(17-30)9-11-21/h2-16,33H,18H2,1H3,(H,32,34). The van der Waals surface area contributed by atoms with Crippen molar-refractivity contribution in [3.63, 3.8) is 0 Å². The van der Waals surface area contributed by atoms with Gasteiger partial charge in [0.25, 0.3) is 15.9 Å². The summed E-state index contributed by atoms with van der Waals surface area (Å²) in [4.78, 5) is 17.3. The molecule has 5 aromatic rings. The summed E-state index contributed by atoms with van der Waals surface area (Å²) in [5.74, 6) is -0.250. The van der Waals surface area contributed by atoms with Gasteiger partial charge in [-0.25, -0.2) is 8.42 Å². The minimum Gasteiger partial charge on any atom is -0.348 e. The number of carbonyl (C=O) groups is 1. The minimum atomic E-state index is -3.91. The van der Waals surface area contributed by atoms with Gasteiger partial charge in [0.2, 0.25) is 0 Å². The fourth-order valence-corrected chi connectivity index (χ4v) is 5.46. The van der Waals surface area contributed by atoms with Gasteiger partial charge in [-0.15, -0.1) is 0 Å². The molecule has 1 heterocycles. The maximum atomic E-state index is 13.3. The Labute approximate surface area is 214 Å². The number of aromatic nitrogens is 1. The molecule has 182 valence electrons. The zero-order valence-electron chi connectivity index (χ0n) is 19.9. The van der Waals surface area contributed by atoms with Crippen molar-refractivity contribution in [3.05, 3.63) is 113 Å². The third-order valence-electron chi connectivity index (χ3n) is 6.15. The number of nitrogens with zero attached hydrogens (tertiary/aromatic N) is 2. The van der Waals surface area contributed by atoms with Gasteiger partial charge in [-0.1, -0.05) is 42.5 Å². The van der Waals surface area contributed by atoms with E-state index in [2.05, 4.69) is 21.1 Å². The summed E-state index contributed by atoms with van der Waals surface area (Å²) in [5, 5.41) is 14.0. The molecule has 0 aliphatic rings. The summed E-state index contributed by atoms with van der Waals surface area (Å²) in [7, 11) is -3.91. The molecule has 7 nitrogen and oxygen atoms in total. The minimum absolute atomic E-state index is 0.102. The number of hydrogen-bond donors (Lipinski definition) is 2. The molecular formula is C29H22N4O3S. The van der Waals surface area contributed by atoms with E-state index < -0.39 is 10.0 Å². The molecule has 1 aromatic heterocycles. The van der Waals surface area contributed by atoms with E-state index in [0.29, 0.717) is 34.3 Å². The van der Waals surface area contributed by atoms with Crippen LogP contribution in [0.25, 0.3) is 21.7 Å². The maximum Gasteiger partial charge on any atom is 0.264 e. The van der Waals surface area contributed by atoms with Crippen molar-refractivity contribution in [1.29, 1.82) is 5.26 Å². The van der Waals surface area contributed by atoms with Crippen LogP contribution in [0, 0.1) is 18.3 Å². The van der Waals surface area contributed by atoms with Crippen molar-refractivity contribution >= 4 is 43.3 Å². The van der Waals surface area contributed by atoms with E-state index in [1.165, 1.54) is 6.07 Å². The van der Waals surface area contributed by atoms with E-state index in [0.717, 1.165) is 21.9 Å². The number of pyridine rings is 1. The van der Waals surface area contributed by atoms with Gasteiger partial charge >= 0.3 is 0 Å². The number of sulfonamides is 1. The Kier molecular flexibility index (Phi) is 6.30. The Bertz CT molecular complexity index is 1810. The lowest BCUT2D eigenvalue weighted by Gasteiger charge is -2.13. The van der Waals surface area contributed by atoms with E-state index in [9.17, 15) is 13.2 Å². The summed E-state index contributed by atoms with van der Waals surface area (Å²) in [5.41, 5.74) is 3.65. The van der Waals surface area contributed by atoms with Crippen molar-refractivity contribution in [2.45, 2.75) is 18.4 Å². The molecule has 0 bridgehead atoms. The van der Waals surface area contributed by atoms with Gasteiger partial charge in [0, 0.05) is 29.4 Å². The molecule has 0 atom stereocenters. The fraction of sp³-hybridized carbons (Fsp3) is 0.0690. The summed E-state index contributed by atoms with van der Waals surface area (Å²) in [6.45, 7) is 2.23. The number of rotatable bonds is 6. The predicted octanol–water partition coefficient (Wildman–Crippen LogP) is 5.30. The van der Waals surface area contributed by atoms with Gasteiger partial charge in [0.15, 0.2) is 0 Å². The van der Waals surface area contributed by atoms with E-state index in [-0.39, 0.29) is 10.8 Å². The average molecular weight is 507 g/mol. The first-order valence-electron chi connectivity index (χ1n) is 11.5. The number of fused-ring (bicyclic) bond motifs is 2. The van der Waals surface area contributed by atoms with Gasteiger partial charge in [-0.2, -0.15) is 5.26 Å². The second-order valence-corrected chi connectivity index (χ2v) is 10.3. The van der Waals surface area contributed by atoms with E-state index in [1.54, 1.807) is 66.9 Å². The molecule has 0 saturated heterocycles. The quantitative estimate of drug-likeness (QED) is 0.325. The van der Waals surface area contributed by atoms with E-state index in [4.69, 9.17) is 5.26 Å². The first kappa shape index (κ1) is 24.0. The second kappa shape index (κ2) is 9.72. The molecule has 4 aromatic carbocycles. The Morgan fingerprint density at radius 1 is 0.946 bits per heavy atom. The zero-order chi connectivity index (χ0) is 26.0. The molecule has 5 rings (SSSR count). The average Bonchev–Trinajstić information content (AvgIpc) is 2.91. The topological polar surface area (TPSA) is 112 Å². The first-order valence-corrected chi connectivity index (χ1v) is 13.0. The molecule has 0 radical (unpaired) electrons. The lowest BCUT2D eigenvalue weighted by Crippen LogP contribution is -2.23. The van der Waals surface area contributed by atoms with Gasteiger partial charge in [0.1, 0.15) is 4.90 Å². The molecule has 0 aliphatic heterocycles. The second-order valence-electron chi connectivity index (χ2n) is 8.62. The van der Waals surface area contributed by atoms with Gasteiger partial charge in [0.05, 0.1) is 17.1 Å². The summed E-state index contributed by atoms with van der Waals surface area (Å²) >= 11 is 0. The summed E-state index contributed by atoms with van der Waals surface area (Å²) < 4.78 is 29.2. The van der Waals surface area contributed by atoms with Crippen LogP contribution in [0.15, 0.2) is 96.0 Å². The van der Waals surface area contributed by atoms with Crippen LogP contribution >= 0.6 is 0 Å². The zero-order valence-corrected chi connectivity index (χ0v) is 20.7. The largest absolute Gasteiger partial charge is 0.348 e. The molecular weight excluding hydrogens is 484 g/mol. The smallest absolute Gasteiger partial charge is 0.264 e. The number of nitriles is 1. The van der Waals surface area contributed by atoms with Crippen molar-refractivity contribution < 1.29 is 13.2 Å². The molecule has 1 amide bonds. The lowest BCUT2D eigenvalue weighted by molar-refractivity contribution is 0.0952. The number of para-hydroxylation sites is 1. The molecule has 0 spiro atoms. The van der Waals surface area contributed by atoms with Crippen LogP contribution in [0.4, 0.5) is 5.69 Å². The van der Waals surface area contributed by atoms with Crippen LogP contribution < -0.4 is 10.0 Å². The molecule has 37 heavy (non-hydrogen) atoms. The number of benzene rings is 4. The van der Waals surface area contributed by atoms with Crippen molar-refractivity contribution in [2.75, 3.05) is 4.72 Å². The molecule has 0 unspecified atom stereocenters. The highest BCUT2D eigenvalue weighted by atomic mass is 32.2. The van der Waals surface area contributed by atoms with Crippen LogP contribution in [-0.4, -0.2) is 19.3 Å². The van der Waals surface area contributed by atoms with Crippen LogP contribution in [-0.2, 0) is 16.6 Å². The number of aryl methyl sites for hydroxylation is 1. The molecule has 2 N–H and O–H groups in total. The summed E-state index contributed by atoms with van der Waals surface area (Å²) in [6.07, 6.45) is 1.60. The third kappa shape index (κ3) is 4.85. The Morgan fingerprint density at radius 3 is 2.51 bits per heavy atom. The van der Waals surface area contributed by atoms with Gasteiger partial charge < -0.3 is 5.32 Å². The maximum absolute atomic E-state index is 13.3. The first-order chi connectivity index (χ1) is 17.9.